The summed E-state index contributed by atoms with van der Waals surface area (Å²) in [6, 6.07) is 9.79. The van der Waals surface area contributed by atoms with Crippen LogP contribution in [0, 0.1) is 11.8 Å². The number of nitrogens with one attached hydrogen (secondary N) is 2. The molecule has 1 aliphatic heterocycles. The molecule has 4 N–H and O–H groups in total. The molecule has 1 fully saturated rings. The third-order valence-corrected chi connectivity index (χ3v) is 8.78. The van der Waals surface area contributed by atoms with Gasteiger partial charge in [0.1, 0.15) is 12.4 Å². The van der Waals surface area contributed by atoms with Crippen LogP contribution in [0.5, 0.6) is 5.75 Å². The van der Waals surface area contributed by atoms with Crippen molar-refractivity contribution in [2.75, 3.05) is 57.6 Å². The largest absolute Gasteiger partial charge is 0.489 e. The lowest BCUT2D eigenvalue weighted by Gasteiger charge is -2.30. The summed E-state index contributed by atoms with van der Waals surface area (Å²) < 4.78 is 75.7. The second kappa shape index (κ2) is 13.3. The zero-order valence-electron chi connectivity index (χ0n) is 22.8. The summed E-state index contributed by atoms with van der Waals surface area (Å²) in [7, 11) is -0.362. The molecular weight excluding hydrogens is 577 g/mol. The highest BCUT2D eigenvalue weighted by Gasteiger charge is 2.31. The van der Waals surface area contributed by atoms with Crippen LogP contribution in [-0.2, 0) is 21.2 Å². The summed E-state index contributed by atoms with van der Waals surface area (Å²) in [5, 5.41) is 12.4. The maximum Gasteiger partial charge on any atom is 0.393 e. The maximum atomic E-state index is 13.6. The molecule has 13 heteroatoms. The van der Waals surface area contributed by atoms with E-state index in [-0.39, 0.29) is 42.0 Å². The van der Waals surface area contributed by atoms with Crippen molar-refractivity contribution in [3.8, 4) is 17.6 Å². The lowest BCUT2D eigenvalue weighted by atomic mass is 10.0. The van der Waals surface area contributed by atoms with Gasteiger partial charge in [-0.15, -0.1) is 11.3 Å². The third-order valence-electron chi connectivity index (χ3n) is 6.67. The number of thiophene rings is 1. The van der Waals surface area contributed by atoms with Crippen molar-refractivity contribution in [3.05, 3.63) is 46.8 Å². The van der Waals surface area contributed by atoms with Crippen molar-refractivity contribution in [2.45, 2.75) is 36.4 Å². The van der Waals surface area contributed by atoms with E-state index in [0.29, 0.717) is 16.0 Å². The molecule has 222 valence electrons. The first kappa shape index (κ1) is 30.9. The van der Waals surface area contributed by atoms with Gasteiger partial charge in [-0.05, 0) is 62.1 Å². The average Bonchev–Trinajstić information content (AvgIpc) is 3.24. The first-order chi connectivity index (χ1) is 19.4. The highest BCUT2D eigenvalue weighted by Crippen LogP contribution is 2.39. The highest BCUT2D eigenvalue weighted by molar-refractivity contribution is 7.89. The summed E-state index contributed by atoms with van der Waals surface area (Å²) in [6.45, 7) is 2.45. The van der Waals surface area contributed by atoms with Crippen LogP contribution in [-0.4, -0.2) is 72.5 Å². The Hall–Kier alpha value is -3.02. The van der Waals surface area contributed by atoms with Gasteiger partial charge < -0.3 is 25.0 Å². The van der Waals surface area contributed by atoms with E-state index in [2.05, 4.69) is 34.4 Å². The van der Waals surface area contributed by atoms with Crippen LogP contribution in [0.1, 0.15) is 23.3 Å². The molecule has 1 aromatic heterocycles. The minimum absolute atomic E-state index is 0.0791. The number of rotatable bonds is 10. The summed E-state index contributed by atoms with van der Waals surface area (Å²) in [4.78, 5) is 2.50. The van der Waals surface area contributed by atoms with Crippen molar-refractivity contribution in [3.63, 3.8) is 0 Å². The number of ether oxygens (including phenoxy) is 2. The van der Waals surface area contributed by atoms with Crippen molar-refractivity contribution in [1.29, 1.82) is 0 Å². The number of hydrogen-bond acceptors (Lipinski definition) is 8. The molecule has 0 bridgehead atoms. The second-order valence-electron chi connectivity index (χ2n) is 9.81. The van der Waals surface area contributed by atoms with E-state index in [9.17, 15) is 21.6 Å². The lowest BCUT2D eigenvalue weighted by molar-refractivity contribution is -0.126. The molecule has 1 saturated heterocycles. The molecule has 2 aromatic carbocycles. The zero-order chi connectivity index (χ0) is 29.6. The molecule has 0 saturated carbocycles. The van der Waals surface area contributed by atoms with Gasteiger partial charge >= 0.3 is 6.18 Å². The third kappa shape index (κ3) is 8.50. The molecule has 41 heavy (non-hydrogen) atoms. The van der Waals surface area contributed by atoms with E-state index in [1.807, 2.05) is 6.07 Å². The van der Waals surface area contributed by atoms with Gasteiger partial charge in [0, 0.05) is 19.2 Å². The Kier molecular flexibility index (Phi) is 10.0. The summed E-state index contributed by atoms with van der Waals surface area (Å²) in [5.74, 6) is 6.09. The Morgan fingerprint density at radius 2 is 1.90 bits per heavy atom. The second-order valence-corrected chi connectivity index (χ2v) is 12.4. The minimum Gasteiger partial charge on any atom is -0.489 e. The maximum absolute atomic E-state index is 13.6. The van der Waals surface area contributed by atoms with Gasteiger partial charge in [0.15, 0.2) is 0 Å². The van der Waals surface area contributed by atoms with E-state index >= 15 is 0 Å². The van der Waals surface area contributed by atoms with E-state index in [0.717, 1.165) is 36.3 Å². The number of benzene rings is 2. The number of methoxy groups -OCH3 is 1. The van der Waals surface area contributed by atoms with Gasteiger partial charge in [-0.25, -0.2) is 13.6 Å². The Bertz CT molecular complexity index is 1520. The van der Waals surface area contributed by atoms with Crippen LogP contribution in [0.3, 0.4) is 0 Å². The number of nitrogens with zero attached hydrogens (tertiary/aromatic N) is 1. The SMILES string of the molecule is COCCOc1cc(S(N)(=O)=O)ccc1NCC#Cc1sc2c(NC3CCN(C)CC3)cccc2c1CC(F)(F)F. The highest BCUT2D eigenvalue weighted by atomic mass is 32.2. The summed E-state index contributed by atoms with van der Waals surface area (Å²) in [5.41, 5.74) is 1.45. The standard InChI is InChI=1S/C28H33F3N4O4S2/c1-35-13-10-19(11-14-35)34-24-6-3-5-21-22(18-28(29,30)31)26(40-27(21)24)7-4-12-33-23-9-8-20(41(32,36)37)17-25(23)39-16-15-38-2/h3,5-6,8-9,17,19,33-34H,10-16,18H2,1-2H3,(H2,32,36,37). The van der Waals surface area contributed by atoms with Gasteiger partial charge in [-0.3, -0.25) is 0 Å². The Morgan fingerprint density at radius 1 is 1.15 bits per heavy atom. The lowest BCUT2D eigenvalue weighted by Crippen LogP contribution is -2.36. The fourth-order valence-electron chi connectivity index (χ4n) is 4.58. The van der Waals surface area contributed by atoms with Crippen LogP contribution < -0.4 is 20.5 Å². The normalized spacial score (nSPS) is 15.0. The monoisotopic (exact) mass is 610 g/mol. The zero-order valence-corrected chi connectivity index (χ0v) is 24.4. The number of hydrogen-bond donors (Lipinski definition) is 3. The Balaban J connectivity index is 1.58. The molecule has 4 rings (SSSR count). The fraction of sp³-hybridized carbons (Fsp3) is 0.429. The number of piperidine rings is 1. The topological polar surface area (TPSA) is 106 Å². The number of fused-ring (bicyclic) bond motifs is 1. The van der Waals surface area contributed by atoms with Gasteiger partial charge in [0.2, 0.25) is 10.0 Å². The molecule has 1 aliphatic rings. The molecular formula is C28H33F3N4O4S2. The van der Waals surface area contributed by atoms with Crippen molar-refractivity contribution >= 4 is 42.8 Å². The Morgan fingerprint density at radius 3 is 2.59 bits per heavy atom. The molecule has 3 aromatic rings. The smallest absolute Gasteiger partial charge is 0.393 e. The van der Waals surface area contributed by atoms with Gasteiger partial charge in [-0.2, -0.15) is 13.2 Å². The number of alkyl halides is 3. The molecule has 0 atom stereocenters. The number of likely N-dealkylation sites (tertiary alicyclic amines) is 1. The molecule has 8 nitrogen and oxygen atoms in total. The predicted molar refractivity (Wildman–Crippen MR) is 156 cm³/mol. The van der Waals surface area contributed by atoms with Gasteiger partial charge in [0.05, 0.1) is 45.4 Å². The first-order valence-electron chi connectivity index (χ1n) is 13.0. The van der Waals surface area contributed by atoms with Gasteiger partial charge in [-0.1, -0.05) is 24.0 Å². The number of sulfonamides is 1. The molecule has 0 unspecified atom stereocenters. The minimum atomic E-state index is -4.39. The number of nitrogens with two attached hydrogens (primary N) is 1. The molecule has 0 radical (unpaired) electrons. The number of primary sulfonamides is 1. The predicted octanol–water partition coefficient (Wildman–Crippen LogP) is 4.65. The van der Waals surface area contributed by atoms with E-state index < -0.39 is 22.6 Å². The van der Waals surface area contributed by atoms with E-state index in [1.165, 1.54) is 36.6 Å². The van der Waals surface area contributed by atoms with Crippen LogP contribution in [0.4, 0.5) is 24.5 Å². The molecule has 0 spiro atoms. The first-order valence-corrected chi connectivity index (χ1v) is 15.4. The van der Waals surface area contributed by atoms with Crippen LogP contribution in [0.25, 0.3) is 10.1 Å². The quantitative estimate of drug-likeness (QED) is 0.227. The Labute approximate surface area is 242 Å². The van der Waals surface area contributed by atoms with Gasteiger partial charge in [0.25, 0.3) is 0 Å². The fourth-order valence-corrected chi connectivity index (χ4v) is 6.28. The van der Waals surface area contributed by atoms with Crippen LogP contribution >= 0.6 is 11.3 Å². The van der Waals surface area contributed by atoms with Crippen molar-refractivity contribution in [1.82, 2.24) is 4.90 Å². The number of anilines is 2. The van der Waals surface area contributed by atoms with Crippen molar-refractivity contribution < 1.29 is 31.1 Å². The van der Waals surface area contributed by atoms with Crippen molar-refractivity contribution in [2.24, 2.45) is 5.14 Å². The molecule has 2 heterocycles. The van der Waals surface area contributed by atoms with Crippen LogP contribution in [0.2, 0.25) is 0 Å². The average molecular weight is 611 g/mol. The molecule has 0 aliphatic carbocycles. The summed E-state index contributed by atoms with van der Waals surface area (Å²) >= 11 is 1.25. The van der Waals surface area contributed by atoms with E-state index in [4.69, 9.17) is 14.6 Å². The number of halogens is 3. The summed E-state index contributed by atoms with van der Waals surface area (Å²) in [6.07, 6.45) is -3.54. The van der Waals surface area contributed by atoms with Crippen LogP contribution in [0.15, 0.2) is 41.3 Å². The molecule has 0 amide bonds. The van der Waals surface area contributed by atoms with E-state index in [1.54, 1.807) is 12.1 Å².